The van der Waals surface area contributed by atoms with Crippen LogP contribution in [0.15, 0.2) is 48.5 Å². The van der Waals surface area contributed by atoms with Gasteiger partial charge < -0.3 is 14.8 Å². The largest absolute Gasteiger partial charge is 0.497 e. The molecule has 0 fully saturated rings. The minimum atomic E-state index is -3.64. The van der Waals surface area contributed by atoms with Crippen molar-refractivity contribution in [3.05, 3.63) is 54.1 Å². The second-order valence-corrected chi connectivity index (χ2v) is 8.49. The van der Waals surface area contributed by atoms with Crippen molar-refractivity contribution in [2.24, 2.45) is 0 Å². The smallest absolute Gasteiger partial charge is 0.244 e. The van der Waals surface area contributed by atoms with E-state index in [1.54, 1.807) is 50.4 Å². The summed E-state index contributed by atoms with van der Waals surface area (Å²) in [6.07, 6.45) is 1.45. The van der Waals surface area contributed by atoms with Crippen molar-refractivity contribution in [1.82, 2.24) is 5.32 Å². The molecule has 7 nitrogen and oxygen atoms in total. The first-order chi connectivity index (χ1) is 13.8. The number of hydrogen-bond acceptors (Lipinski definition) is 5. The van der Waals surface area contributed by atoms with E-state index in [1.807, 2.05) is 19.1 Å². The van der Waals surface area contributed by atoms with Crippen LogP contribution in [0.4, 0.5) is 5.69 Å². The Labute approximate surface area is 172 Å². The Balaban J connectivity index is 2.00. The highest BCUT2D eigenvalue weighted by Gasteiger charge is 2.31. The molecule has 1 unspecified atom stereocenters. The maximum Gasteiger partial charge on any atom is 0.244 e. The maximum absolute atomic E-state index is 12.7. The number of nitrogens with zero attached hydrogens (tertiary/aromatic N) is 1. The highest BCUT2D eigenvalue weighted by Crippen LogP contribution is 2.23. The maximum atomic E-state index is 12.7. The van der Waals surface area contributed by atoms with Crippen LogP contribution >= 0.6 is 0 Å². The number of sulfonamides is 1. The van der Waals surface area contributed by atoms with E-state index in [-0.39, 0.29) is 19.1 Å². The lowest BCUT2D eigenvalue weighted by atomic mass is 10.1. The third kappa shape index (κ3) is 6.39. The highest BCUT2D eigenvalue weighted by molar-refractivity contribution is 7.92. The molecule has 0 aliphatic carbocycles. The topological polar surface area (TPSA) is 84.9 Å². The molecule has 1 atom stereocenters. The number of ether oxygens (including phenoxy) is 2. The van der Waals surface area contributed by atoms with Crippen molar-refractivity contribution in [2.75, 3.05) is 30.8 Å². The summed E-state index contributed by atoms with van der Waals surface area (Å²) in [4.78, 5) is 12.7. The number of carbonyl (C=O) groups excluding carboxylic acids is 1. The van der Waals surface area contributed by atoms with Crippen LogP contribution in [0.2, 0.25) is 0 Å². The summed E-state index contributed by atoms with van der Waals surface area (Å²) < 4.78 is 36.7. The number of rotatable bonds is 10. The van der Waals surface area contributed by atoms with Gasteiger partial charge in [0.2, 0.25) is 15.9 Å². The number of methoxy groups -OCH3 is 1. The number of amides is 1. The molecular formula is C21H28N2O5S. The van der Waals surface area contributed by atoms with Crippen molar-refractivity contribution in [2.45, 2.75) is 26.3 Å². The molecule has 0 spiro atoms. The van der Waals surface area contributed by atoms with Gasteiger partial charge in [0, 0.05) is 0 Å². The van der Waals surface area contributed by atoms with Crippen LogP contribution < -0.4 is 19.1 Å². The van der Waals surface area contributed by atoms with Gasteiger partial charge in [0.1, 0.15) is 24.1 Å². The standard InChI is InChI=1S/C21H28N2O5S/c1-5-20(23(29(4,25)26)17-8-6-16(2)7-9-17)21(24)22-14-15-28-19-12-10-18(27-3)11-13-19/h6-13,20H,5,14-15H2,1-4H3,(H,22,24). The summed E-state index contributed by atoms with van der Waals surface area (Å²) in [5, 5.41) is 2.77. The zero-order valence-electron chi connectivity index (χ0n) is 17.2. The Bertz CT molecular complexity index is 896. The van der Waals surface area contributed by atoms with E-state index in [0.717, 1.165) is 17.6 Å². The van der Waals surface area contributed by atoms with Gasteiger partial charge in [-0.05, 0) is 49.7 Å². The third-order valence-electron chi connectivity index (χ3n) is 4.35. The molecule has 2 aromatic carbocycles. The third-order valence-corrected chi connectivity index (χ3v) is 5.53. The van der Waals surface area contributed by atoms with E-state index in [4.69, 9.17) is 9.47 Å². The predicted octanol–water partition coefficient (Wildman–Crippen LogP) is 2.74. The van der Waals surface area contributed by atoms with Crippen molar-refractivity contribution < 1.29 is 22.7 Å². The normalized spacial score (nSPS) is 12.1. The molecule has 1 N–H and O–H groups in total. The first-order valence-corrected chi connectivity index (χ1v) is 11.2. The summed E-state index contributed by atoms with van der Waals surface area (Å²) in [5.41, 5.74) is 1.48. The molecule has 0 radical (unpaired) electrons. The minimum absolute atomic E-state index is 0.257. The molecule has 158 valence electrons. The van der Waals surface area contributed by atoms with Gasteiger partial charge in [-0.3, -0.25) is 9.10 Å². The van der Waals surface area contributed by atoms with Crippen LogP contribution in [0.25, 0.3) is 0 Å². The van der Waals surface area contributed by atoms with Crippen molar-refractivity contribution >= 4 is 21.6 Å². The number of aryl methyl sites for hydroxylation is 1. The Morgan fingerprint density at radius 3 is 2.17 bits per heavy atom. The zero-order valence-corrected chi connectivity index (χ0v) is 18.0. The lowest BCUT2D eigenvalue weighted by Crippen LogP contribution is -2.50. The molecule has 0 bridgehead atoms. The highest BCUT2D eigenvalue weighted by atomic mass is 32.2. The number of hydrogen-bond donors (Lipinski definition) is 1. The van der Waals surface area contributed by atoms with Crippen LogP contribution in [0.1, 0.15) is 18.9 Å². The summed E-state index contributed by atoms with van der Waals surface area (Å²) in [6, 6.07) is 13.3. The Kier molecular flexibility index (Phi) is 7.90. The molecule has 2 aromatic rings. The van der Waals surface area contributed by atoms with Gasteiger partial charge in [-0.15, -0.1) is 0 Å². The van der Waals surface area contributed by atoms with E-state index < -0.39 is 16.1 Å². The van der Waals surface area contributed by atoms with E-state index >= 15 is 0 Å². The SMILES string of the molecule is CCC(C(=O)NCCOc1ccc(OC)cc1)N(c1ccc(C)cc1)S(C)(=O)=O. The number of benzene rings is 2. The fourth-order valence-corrected chi connectivity index (χ4v) is 4.10. The fraction of sp³-hybridized carbons (Fsp3) is 0.381. The summed E-state index contributed by atoms with van der Waals surface area (Å²) in [7, 11) is -2.05. The molecule has 0 aliphatic heterocycles. The molecule has 8 heteroatoms. The van der Waals surface area contributed by atoms with Crippen molar-refractivity contribution in [3.63, 3.8) is 0 Å². The second kappa shape index (κ2) is 10.2. The van der Waals surface area contributed by atoms with Gasteiger partial charge in [-0.2, -0.15) is 0 Å². The van der Waals surface area contributed by atoms with Crippen LogP contribution in [-0.4, -0.2) is 46.9 Å². The fourth-order valence-electron chi connectivity index (χ4n) is 2.88. The van der Waals surface area contributed by atoms with E-state index in [2.05, 4.69) is 5.32 Å². The van der Waals surface area contributed by atoms with Gasteiger partial charge in [0.15, 0.2) is 0 Å². The Morgan fingerprint density at radius 2 is 1.66 bits per heavy atom. The first kappa shape index (κ1) is 22.5. The van der Waals surface area contributed by atoms with Gasteiger partial charge in [0.05, 0.1) is 25.6 Å². The average molecular weight is 421 g/mol. The quantitative estimate of drug-likeness (QED) is 0.598. The zero-order chi connectivity index (χ0) is 21.4. The second-order valence-electron chi connectivity index (χ2n) is 6.63. The Morgan fingerprint density at radius 1 is 1.07 bits per heavy atom. The van der Waals surface area contributed by atoms with Gasteiger partial charge in [-0.1, -0.05) is 24.6 Å². The van der Waals surface area contributed by atoms with Crippen molar-refractivity contribution in [1.29, 1.82) is 0 Å². The lowest BCUT2D eigenvalue weighted by Gasteiger charge is -2.30. The molecule has 2 rings (SSSR count). The Hall–Kier alpha value is -2.74. The van der Waals surface area contributed by atoms with E-state index in [1.165, 1.54) is 4.31 Å². The number of anilines is 1. The first-order valence-electron chi connectivity index (χ1n) is 9.37. The summed E-state index contributed by atoms with van der Waals surface area (Å²) >= 11 is 0. The van der Waals surface area contributed by atoms with Crippen LogP contribution in [-0.2, 0) is 14.8 Å². The molecular weight excluding hydrogens is 392 g/mol. The summed E-state index contributed by atoms with van der Waals surface area (Å²) in [6.45, 7) is 4.22. The van der Waals surface area contributed by atoms with Gasteiger partial charge >= 0.3 is 0 Å². The minimum Gasteiger partial charge on any atom is -0.497 e. The predicted molar refractivity (Wildman–Crippen MR) is 114 cm³/mol. The number of carbonyl (C=O) groups is 1. The molecule has 0 saturated carbocycles. The van der Waals surface area contributed by atoms with Crippen LogP contribution in [0, 0.1) is 6.92 Å². The number of nitrogens with one attached hydrogen (secondary N) is 1. The molecule has 0 aromatic heterocycles. The van der Waals surface area contributed by atoms with Crippen molar-refractivity contribution in [3.8, 4) is 11.5 Å². The summed E-state index contributed by atoms with van der Waals surface area (Å²) in [5.74, 6) is 1.02. The van der Waals surface area contributed by atoms with Gasteiger partial charge in [0.25, 0.3) is 0 Å². The molecule has 0 saturated heterocycles. The average Bonchev–Trinajstić information content (AvgIpc) is 2.69. The molecule has 1 amide bonds. The van der Waals surface area contributed by atoms with Crippen LogP contribution in [0.5, 0.6) is 11.5 Å². The van der Waals surface area contributed by atoms with E-state index in [0.29, 0.717) is 17.9 Å². The lowest BCUT2D eigenvalue weighted by molar-refractivity contribution is -0.122. The van der Waals surface area contributed by atoms with Crippen LogP contribution in [0.3, 0.4) is 0 Å². The molecule has 29 heavy (non-hydrogen) atoms. The van der Waals surface area contributed by atoms with Gasteiger partial charge in [-0.25, -0.2) is 8.42 Å². The molecule has 0 heterocycles. The monoisotopic (exact) mass is 420 g/mol. The molecule has 0 aliphatic rings. The van der Waals surface area contributed by atoms with E-state index in [9.17, 15) is 13.2 Å².